The molecule has 2 aromatic rings. The van der Waals surface area contributed by atoms with Crippen LogP contribution in [-0.2, 0) is 6.54 Å². The Kier molecular flexibility index (Phi) is 2.32. The van der Waals surface area contributed by atoms with Gasteiger partial charge in [-0.3, -0.25) is 4.68 Å². The standard InChI is InChI=1S/C9H10FN5/c1-2-15-7(3-4-13-15)8-6(10)5-12-9(11)14-8/h3-5H,2H2,1H3,(H2,11,12,14). The molecular formula is C9H10FN5. The number of aryl methyl sites for hydroxylation is 1. The SMILES string of the molecule is CCn1nccc1-c1nc(N)ncc1F. The van der Waals surface area contributed by atoms with Crippen LogP contribution in [0.2, 0.25) is 0 Å². The number of nitrogens with two attached hydrogens (primary N) is 1. The van der Waals surface area contributed by atoms with E-state index in [4.69, 9.17) is 5.73 Å². The van der Waals surface area contributed by atoms with Crippen LogP contribution in [0.5, 0.6) is 0 Å². The zero-order valence-corrected chi connectivity index (χ0v) is 8.18. The lowest BCUT2D eigenvalue weighted by atomic mass is 10.3. The fourth-order valence-corrected chi connectivity index (χ4v) is 1.35. The Balaban J connectivity index is 2.58. The minimum absolute atomic E-state index is 0.0512. The molecule has 0 fully saturated rings. The first-order valence-corrected chi connectivity index (χ1v) is 4.52. The fourth-order valence-electron chi connectivity index (χ4n) is 1.35. The van der Waals surface area contributed by atoms with Gasteiger partial charge in [0.25, 0.3) is 0 Å². The summed E-state index contributed by atoms with van der Waals surface area (Å²) in [7, 11) is 0. The van der Waals surface area contributed by atoms with E-state index in [1.54, 1.807) is 16.9 Å². The molecule has 2 heterocycles. The number of nitrogen functional groups attached to an aromatic ring is 1. The second kappa shape index (κ2) is 3.64. The molecule has 0 unspecified atom stereocenters. The molecular weight excluding hydrogens is 197 g/mol. The molecule has 6 heteroatoms. The highest BCUT2D eigenvalue weighted by Gasteiger charge is 2.12. The molecule has 5 nitrogen and oxygen atoms in total. The van der Waals surface area contributed by atoms with Gasteiger partial charge in [-0.05, 0) is 13.0 Å². The summed E-state index contributed by atoms with van der Waals surface area (Å²) in [6.07, 6.45) is 2.65. The Morgan fingerprint density at radius 1 is 1.53 bits per heavy atom. The van der Waals surface area contributed by atoms with Crippen molar-refractivity contribution < 1.29 is 4.39 Å². The van der Waals surface area contributed by atoms with E-state index in [0.717, 1.165) is 6.20 Å². The summed E-state index contributed by atoms with van der Waals surface area (Å²) < 4.78 is 15.1. The second-order valence-corrected chi connectivity index (χ2v) is 2.96. The van der Waals surface area contributed by atoms with Crippen LogP contribution in [0.25, 0.3) is 11.4 Å². The third-order valence-corrected chi connectivity index (χ3v) is 2.02. The first-order chi connectivity index (χ1) is 7.22. The molecule has 0 aromatic carbocycles. The summed E-state index contributed by atoms with van der Waals surface area (Å²) in [6, 6.07) is 1.69. The van der Waals surface area contributed by atoms with Crippen LogP contribution in [0, 0.1) is 5.82 Å². The third-order valence-electron chi connectivity index (χ3n) is 2.02. The maximum atomic E-state index is 13.4. The number of anilines is 1. The van der Waals surface area contributed by atoms with Crippen molar-refractivity contribution in [2.75, 3.05) is 5.73 Å². The van der Waals surface area contributed by atoms with Crippen molar-refractivity contribution in [2.45, 2.75) is 13.5 Å². The van der Waals surface area contributed by atoms with E-state index in [1.807, 2.05) is 6.92 Å². The van der Waals surface area contributed by atoms with Crippen LogP contribution in [-0.4, -0.2) is 19.7 Å². The molecule has 0 saturated carbocycles. The molecule has 0 radical (unpaired) electrons. The second-order valence-electron chi connectivity index (χ2n) is 2.96. The Morgan fingerprint density at radius 3 is 3.07 bits per heavy atom. The first kappa shape index (κ1) is 9.57. The van der Waals surface area contributed by atoms with Crippen molar-refractivity contribution in [1.29, 1.82) is 0 Å². The normalized spacial score (nSPS) is 10.5. The van der Waals surface area contributed by atoms with Crippen molar-refractivity contribution in [1.82, 2.24) is 19.7 Å². The minimum Gasteiger partial charge on any atom is -0.368 e. The maximum absolute atomic E-state index is 13.4. The molecule has 78 valence electrons. The fraction of sp³-hybridized carbons (Fsp3) is 0.222. The molecule has 2 rings (SSSR count). The average Bonchev–Trinajstić information content (AvgIpc) is 2.69. The van der Waals surface area contributed by atoms with Crippen molar-refractivity contribution >= 4 is 5.95 Å². The molecule has 0 saturated heterocycles. The topological polar surface area (TPSA) is 69.6 Å². The van der Waals surface area contributed by atoms with Gasteiger partial charge in [0.2, 0.25) is 5.95 Å². The molecule has 0 amide bonds. The smallest absolute Gasteiger partial charge is 0.220 e. The number of aromatic nitrogens is 4. The molecule has 0 bridgehead atoms. The number of hydrogen-bond acceptors (Lipinski definition) is 4. The summed E-state index contributed by atoms with van der Waals surface area (Å²) >= 11 is 0. The van der Waals surface area contributed by atoms with Crippen LogP contribution >= 0.6 is 0 Å². The Bertz CT molecular complexity index is 479. The van der Waals surface area contributed by atoms with Crippen LogP contribution in [0.1, 0.15) is 6.92 Å². The predicted octanol–water partition coefficient (Wildman–Crippen LogP) is 1.08. The van der Waals surface area contributed by atoms with E-state index >= 15 is 0 Å². The third kappa shape index (κ3) is 1.65. The van der Waals surface area contributed by atoms with E-state index in [2.05, 4.69) is 15.1 Å². The molecule has 15 heavy (non-hydrogen) atoms. The summed E-state index contributed by atoms with van der Waals surface area (Å²) in [5.41, 5.74) is 6.19. The van der Waals surface area contributed by atoms with Gasteiger partial charge in [-0.1, -0.05) is 0 Å². The predicted molar refractivity (Wildman–Crippen MR) is 53.3 cm³/mol. The lowest BCUT2D eigenvalue weighted by Crippen LogP contribution is -2.04. The van der Waals surface area contributed by atoms with E-state index in [0.29, 0.717) is 12.2 Å². The summed E-state index contributed by atoms with van der Waals surface area (Å²) in [6.45, 7) is 2.56. The van der Waals surface area contributed by atoms with Gasteiger partial charge >= 0.3 is 0 Å². The van der Waals surface area contributed by atoms with Crippen LogP contribution < -0.4 is 5.73 Å². The van der Waals surface area contributed by atoms with Gasteiger partial charge in [0.1, 0.15) is 5.69 Å². The van der Waals surface area contributed by atoms with Crippen LogP contribution in [0.4, 0.5) is 10.3 Å². The van der Waals surface area contributed by atoms with E-state index < -0.39 is 5.82 Å². The highest BCUT2D eigenvalue weighted by molar-refractivity contribution is 5.55. The molecule has 0 spiro atoms. The van der Waals surface area contributed by atoms with Crippen molar-refractivity contribution in [3.8, 4) is 11.4 Å². The zero-order chi connectivity index (χ0) is 10.8. The van der Waals surface area contributed by atoms with E-state index in [-0.39, 0.29) is 11.6 Å². The van der Waals surface area contributed by atoms with E-state index in [9.17, 15) is 4.39 Å². The average molecular weight is 207 g/mol. The van der Waals surface area contributed by atoms with E-state index in [1.165, 1.54) is 0 Å². The van der Waals surface area contributed by atoms with Gasteiger partial charge in [-0.15, -0.1) is 0 Å². The molecule has 0 atom stereocenters. The van der Waals surface area contributed by atoms with Gasteiger partial charge in [-0.25, -0.2) is 14.4 Å². The monoisotopic (exact) mass is 207 g/mol. The van der Waals surface area contributed by atoms with Crippen LogP contribution in [0.15, 0.2) is 18.5 Å². The summed E-state index contributed by atoms with van der Waals surface area (Å²) in [4.78, 5) is 7.42. The molecule has 2 N–H and O–H groups in total. The van der Waals surface area contributed by atoms with Gasteiger partial charge in [-0.2, -0.15) is 5.10 Å². The maximum Gasteiger partial charge on any atom is 0.220 e. The summed E-state index contributed by atoms with van der Waals surface area (Å²) in [5, 5.41) is 4.03. The largest absolute Gasteiger partial charge is 0.368 e. The lowest BCUT2D eigenvalue weighted by Gasteiger charge is -2.04. The van der Waals surface area contributed by atoms with Gasteiger partial charge in [0.05, 0.1) is 11.9 Å². The number of rotatable bonds is 2. The minimum atomic E-state index is -0.501. The first-order valence-electron chi connectivity index (χ1n) is 4.52. The highest BCUT2D eigenvalue weighted by atomic mass is 19.1. The number of hydrogen-bond donors (Lipinski definition) is 1. The highest BCUT2D eigenvalue weighted by Crippen LogP contribution is 2.19. The van der Waals surface area contributed by atoms with Gasteiger partial charge < -0.3 is 5.73 Å². The molecule has 0 aliphatic heterocycles. The zero-order valence-electron chi connectivity index (χ0n) is 8.18. The van der Waals surface area contributed by atoms with Crippen molar-refractivity contribution in [3.05, 3.63) is 24.3 Å². The van der Waals surface area contributed by atoms with Crippen LogP contribution in [0.3, 0.4) is 0 Å². The van der Waals surface area contributed by atoms with Crippen molar-refractivity contribution in [2.24, 2.45) is 0 Å². The Labute approximate surface area is 85.8 Å². The quantitative estimate of drug-likeness (QED) is 0.800. The Morgan fingerprint density at radius 2 is 2.33 bits per heavy atom. The molecule has 0 aliphatic carbocycles. The lowest BCUT2D eigenvalue weighted by molar-refractivity contribution is 0.609. The van der Waals surface area contributed by atoms with Gasteiger partial charge in [0, 0.05) is 12.7 Å². The summed E-state index contributed by atoms with van der Waals surface area (Å²) in [5.74, 6) is -0.449. The van der Waals surface area contributed by atoms with Crippen molar-refractivity contribution in [3.63, 3.8) is 0 Å². The number of nitrogens with zero attached hydrogens (tertiary/aromatic N) is 4. The molecule has 0 aliphatic rings. The van der Waals surface area contributed by atoms with Gasteiger partial charge in [0.15, 0.2) is 5.82 Å². The molecule has 2 aromatic heterocycles. The number of halogens is 1. The Hall–Kier alpha value is -1.98.